The van der Waals surface area contributed by atoms with Gasteiger partial charge in [-0.1, -0.05) is 29.8 Å². The van der Waals surface area contributed by atoms with E-state index in [4.69, 9.17) is 9.47 Å². The highest BCUT2D eigenvalue weighted by Crippen LogP contribution is 2.33. The van der Waals surface area contributed by atoms with Crippen molar-refractivity contribution < 1.29 is 14.3 Å². The minimum atomic E-state index is -0.462. The first-order valence-electron chi connectivity index (χ1n) is 9.11. The summed E-state index contributed by atoms with van der Waals surface area (Å²) in [7, 11) is 1.55. The van der Waals surface area contributed by atoms with Gasteiger partial charge in [0.1, 0.15) is 11.6 Å². The van der Waals surface area contributed by atoms with Crippen LogP contribution < -0.4 is 14.8 Å². The van der Waals surface area contributed by atoms with Crippen LogP contribution in [0.15, 0.2) is 35.9 Å². The Morgan fingerprint density at radius 2 is 1.82 bits per heavy atom. The first-order valence-corrected chi connectivity index (χ1v) is 9.11. The molecule has 0 bridgehead atoms. The maximum atomic E-state index is 12.8. The van der Waals surface area contributed by atoms with Crippen molar-refractivity contribution >= 4 is 17.7 Å². The lowest BCUT2D eigenvalue weighted by Gasteiger charge is -2.16. The number of amides is 1. The second kappa shape index (κ2) is 9.09. The number of methoxy groups -OCH3 is 1. The summed E-state index contributed by atoms with van der Waals surface area (Å²) in [6.45, 7) is 9.68. The second-order valence-electron chi connectivity index (χ2n) is 6.94. The Morgan fingerprint density at radius 1 is 1.18 bits per heavy atom. The third-order valence-electron chi connectivity index (χ3n) is 4.16. The van der Waals surface area contributed by atoms with Gasteiger partial charge in [-0.15, -0.1) is 0 Å². The molecule has 0 unspecified atom stereocenters. The molecular formula is C23H26N2O3. The van der Waals surface area contributed by atoms with E-state index in [1.165, 1.54) is 6.08 Å². The van der Waals surface area contributed by atoms with E-state index in [1.54, 1.807) is 25.3 Å². The second-order valence-corrected chi connectivity index (χ2v) is 6.94. The van der Waals surface area contributed by atoms with Crippen LogP contribution in [0.4, 0.5) is 5.69 Å². The van der Waals surface area contributed by atoms with Gasteiger partial charge in [0.25, 0.3) is 5.91 Å². The van der Waals surface area contributed by atoms with Crippen LogP contribution in [-0.2, 0) is 4.79 Å². The summed E-state index contributed by atoms with van der Waals surface area (Å²) < 4.78 is 11.2. The molecule has 0 saturated carbocycles. The van der Waals surface area contributed by atoms with Crippen molar-refractivity contribution in [2.45, 2.75) is 40.7 Å². The van der Waals surface area contributed by atoms with Gasteiger partial charge in [0.2, 0.25) is 0 Å². The average molecular weight is 378 g/mol. The van der Waals surface area contributed by atoms with Crippen LogP contribution in [0.25, 0.3) is 6.08 Å². The predicted octanol–water partition coefficient (Wildman–Crippen LogP) is 4.95. The number of carbonyl (C=O) groups is 1. The summed E-state index contributed by atoms with van der Waals surface area (Å²) in [5.41, 5.74) is 4.34. The Bertz CT molecular complexity index is 930. The standard InChI is InChI=1S/C23H26N2O3/c1-14(2)28-22-18(8-7-9-20(22)27-6)12-19(13-24)23(26)25-21-16(4)10-15(3)11-17(21)5/h7-12,14H,1-6H3,(H,25,26)/b19-12+. The Morgan fingerprint density at radius 3 is 2.36 bits per heavy atom. The molecular weight excluding hydrogens is 352 g/mol. The third-order valence-corrected chi connectivity index (χ3v) is 4.16. The normalized spacial score (nSPS) is 11.1. The van der Waals surface area contributed by atoms with Gasteiger partial charge in [0.05, 0.1) is 13.2 Å². The molecule has 0 saturated heterocycles. The molecule has 5 heteroatoms. The molecule has 2 aromatic rings. The quantitative estimate of drug-likeness (QED) is 0.570. The van der Waals surface area contributed by atoms with Crippen LogP contribution >= 0.6 is 0 Å². The molecule has 0 aliphatic heterocycles. The van der Waals surface area contributed by atoms with E-state index in [0.29, 0.717) is 17.1 Å². The molecule has 0 fully saturated rings. The average Bonchev–Trinajstić information content (AvgIpc) is 2.63. The first kappa shape index (κ1) is 21.0. The Balaban J connectivity index is 2.42. The van der Waals surface area contributed by atoms with Crippen molar-refractivity contribution in [3.8, 4) is 17.6 Å². The van der Waals surface area contributed by atoms with E-state index in [9.17, 15) is 10.1 Å². The lowest BCUT2D eigenvalue weighted by atomic mass is 10.0. The van der Waals surface area contributed by atoms with E-state index in [2.05, 4.69) is 5.32 Å². The van der Waals surface area contributed by atoms with E-state index < -0.39 is 5.91 Å². The Kier molecular flexibility index (Phi) is 6.84. The van der Waals surface area contributed by atoms with Gasteiger partial charge in [-0.3, -0.25) is 4.79 Å². The predicted molar refractivity (Wildman–Crippen MR) is 112 cm³/mol. The van der Waals surface area contributed by atoms with Crippen molar-refractivity contribution in [1.29, 1.82) is 5.26 Å². The molecule has 5 nitrogen and oxygen atoms in total. The number of rotatable bonds is 6. The van der Waals surface area contributed by atoms with Crippen molar-refractivity contribution in [3.63, 3.8) is 0 Å². The van der Waals surface area contributed by atoms with E-state index in [0.717, 1.165) is 22.4 Å². The molecule has 1 amide bonds. The number of aryl methyl sites for hydroxylation is 3. The van der Waals surface area contributed by atoms with Crippen LogP contribution in [0.5, 0.6) is 11.5 Å². The summed E-state index contributed by atoms with van der Waals surface area (Å²) >= 11 is 0. The smallest absolute Gasteiger partial charge is 0.266 e. The lowest BCUT2D eigenvalue weighted by molar-refractivity contribution is -0.112. The van der Waals surface area contributed by atoms with Crippen LogP contribution in [0.1, 0.15) is 36.1 Å². The Labute approximate surface area is 166 Å². The first-order chi connectivity index (χ1) is 13.3. The SMILES string of the molecule is COc1cccc(/C=C(\C#N)C(=O)Nc2c(C)cc(C)cc2C)c1OC(C)C. The Hall–Kier alpha value is -3.26. The number of ether oxygens (including phenoxy) is 2. The van der Waals surface area contributed by atoms with E-state index in [-0.39, 0.29) is 11.7 Å². The van der Waals surface area contributed by atoms with Gasteiger partial charge < -0.3 is 14.8 Å². The molecule has 1 N–H and O–H groups in total. The number of benzene rings is 2. The molecule has 2 rings (SSSR count). The highest BCUT2D eigenvalue weighted by atomic mass is 16.5. The fraction of sp³-hybridized carbons (Fsp3) is 0.304. The lowest BCUT2D eigenvalue weighted by Crippen LogP contribution is -2.15. The van der Waals surface area contributed by atoms with Gasteiger partial charge in [-0.25, -0.2) is 0 Å². The number of hydrogen-bond donors (Lipinski definition) is 1. The number of nitrogens with zero attached hydrogens (tertiary/aromatic N) is 1. The zero-order valence-electron chi connectivity index (χ0n) is 17.2. The number of nitrogens with one attached hydrogen (secondary N) is 1. The van der Waals surface area contributed by atoms with Gasteiger partial charge in [0, 0.05) is 11.3 Å². The molecule has 0 aliphatic carbocycles. The maximum absolute atomic E-state index is 12.8. The van der Waals surface area contributed by atoms with Gasteiger partial charge in [-0.2, -0.15) is 5.26 Å². The van der Waals surface area contributed by atoms with Crippen molar-refractivity contribution in [2.24, 2.45) is 0 Å². The van der Waals surface area contributed by atoms with Crippen molar-refractivity contribution in [3.05, 3.63) is 58.2 Å². The molecule has 0 aliphatic rings. The van der Waals surface area contributed by atoms with Crippen LogP contribution in [0.3, 0.4) is 0 Å². The number of carbonyl (C=O) groups excluding carboxylic acids is 1. The molecule has 28 heavy (non-hydrogen) atoms. The summed E-state index contributed by atoms with van der Waals surface area (Å²) in [6.07, 6.45) is 1.44. The molecule has 2 aromatic carbocycles. The molecule has 0 heterocycles. The topological polar surface area (TPSA) is 71.3 Å². The zero-order valence-corrected chi connectivity index (χ0v) is 17.2. The van der Waals surface area contributed by atoms with Crippen molar-refractivity contribution in [2.75, 3.05) is 12.4 Å². The van der Waals surface area contributed by atoms with Crippen molar-refractivity contribution in [1.82, 2.24) is 0 Å². The number of para-hydroxylation sites is 1. The fourth-order valence-corrected chi connectivity index (χ4v) is 3.03. The minimum Gasteiger partial charge on any atom is -0.493 e. The number of nitriles is 1. The third kappa shape index (κ3) is 4.92. The molecule has 0 atom stereocenters. The highest BCUT2D eigenvalue weighted by molar-refractivity contribution is 6.10. The monoisotopic (exact) mass is 378 g/mol. The zero-order chi connectivity index (χ0) is 20.8. The molecule has 0 spiro atoms. The fourth-order valence-electron chi connectivity index (χ4n) is 3.03. The summed E-state index contributed by atoms with van der Waals surface area (Å²) in [4.78, 5) is 12.8. The highest BCUT2D eigenvalue weighted by Gasteiger charge is 2.16. The van der Waals surface area contributed by atoms with E-state index >= 15 is 0 Å². The largest absolute Gasteiger partial charge is 0.493 e. The minimum absolute atomic E-state index is 0.0127. The molecule has 146 valence electrons. The van der Waals surface area contributed by atoms with Gasteiger partial charge in [0.15, 0.2) is 11.5 Å². The number of anilines is 1. The number of hydrogen-bond acceptors (Lipinski definition) is 4. The van der Waals surface area contributed by atoms with Gasteiger partial charge in [-0.05, 0) is 57.9 Å². The van der Waals surface area contributed by atoms with Crippen LogP contribution in [0.2, 0.25) is 0 Å². The molecule has 0 radical (unpaired) electrons. The molecule has 0 aromatic heterocycles. The van der Waals surface area contributed by atoms with Crippen LogP contribution in [0, 0.1) is 32.1 Å². The van der Waals surface area contributed by atoms with Crippen LogP contribution in [-0.4, -0.2) is 19.1 Å². The summed E-state index contributed by atoms with van der Waals surface area (Å²) in [5, 5.41) is 12.4. The maximum Gasteiger partial charge on any atom is 0.266 e. The van der Waals surface area contributed by atoms with Gasteiger partial charge >= 0.3 is 0 Å². The summed E-state index contributed by atoms with van der Waals surface area (Å²) in [6, 6.07) is 11.3. The summed E-state index contributed by atoms with van der Waals surface area (Å²) in [5.74, 6) is 0.587. The van der Waals surface area contributed by atoms with E-state index in [1.807, 2.05) is 52.8 Å².